The topological polar surface area (TPSA) is 66.4 Å². The molecule has 1 atom stereocenters. The summed E-state index contributed by atoms with van der Waals surface area (Å²) in [5.41, 5.74) is 1.76. The first kappa shape index (κ1) is 14.2. The van der Waals surface area contributed by atoms with E-state index in [1.165, 1.54) is 12.5 Å². The molecule has 0 aliphatic heterocycles. The molecule has 0 fully saturated rings. The lowest BCUT2D eigenvalue weighted by Crippen LogP contribution is -2.31. The lowest BCUT2D eigenvalue weighted by molar-refractivity contribution is -0.141. The van der Waals surface area contributed by atoms with Crippen molar-refractivity contribution in [2.45, 2.75) is 33.2 Å². The average Bonchev–Trinajstić information content (AvgIpc) is 2.26. The Balaban J connectivity index is 2.86. The molecule has 0 heterocycles. The average molecular weight is 249 g/mol. The van der Waals surface area contributed by atoms with Crippen molar-refractivity contribution in [3.63, 3.8) is 0 Å². The van der Waals surface area contributed by atoms with E-state index < -0.39 is 12.0 Å². The van der Waals surface area contributed by atoms with E-state index in [0.29, 0.717) is 11.5 Å². The van der Waals surface area contributed by atoms with Crippen LogP contribution in [0.4, 0.5) is 0 Å². The number of carboxylic acid groups (broad SMARTS) is 1. The van der Waals surface area contributed by atoms with Gasteiger partial charge in [-0.1, -0.05) is 38.1 Å². The molecule has 0 radical (unpaired) electrons. The van der Waals surface area contributed by atoms with Crippen LogP contribution in [0.1, 0.15) is 37.9 Å². The number of benzene rings is 1. The molecule has 1 rings (SSSR count). The summed E-state index contributed by atoms with van der Waals surface area (Å²) in [5, 5.41) is 11.5. The highest BCUT2D eigenvalue weighted by atomic mass is 16.4. The predicted molar refractivity (Wildman–Crippen MR) is 69.2 cm³/mol. The molecule has 4 nitrogen and oxygen atoms in total. The minimum Gasteiger partial charge on any atom is -0.479 e. The lowest BCUT2D eigenvalue weighted by atomic mass is 9.99. The molecule has 0 bridgehead atoms. The molecule has 18 heavy (non-hydrogen) atoms. The molecular weight excluding hydrogens is 230 g/mol. The summed E-state index contributed by atoms with van der Waals surface area (Å²) in [6, 6.07) is 6.36. The van der Waals surface area contributed by atoms with Crippen molar-refractivity contribution in [1.29, 1.82) is 0 Å². The second-order valence-electron chi connectivity index (χ2n) is 4.81. The van der Waals surface area contributed by atoms with E-state index in [2.05, 4.69) is 19.2 Å². The Labute approximate surface area is 107 Å². The fraction of sp³-hybridized carbons (Fsp3) is 0.429. The zero-order valence-corrected chi connectivity index (χ0v) is 10.9. The van der Waals surface area contributed by atoms with Crippen molar-refractivity contribution >= 4 is 11.9 Å². The third-order valence-corrected chi connectivity index (χ3v) is 2.55. The van der Waals surface area contributed by atoms with Crippen molar-refractivity contribution in [2.24, 2.45) is 5.92 Å². The van der Waals surface area contributed by atoms with Crippen molar-refractivity contribution in [3.8, 4) is 0 Å². The number of aliphatic carboxylic acids is 1. The van der Waals surface area contributed by atoms with Crippen molar-refractivity contribution in [2.75, 3.05) is 0 Å². The summed E-state index contributed by atoms with van der Waals surface area (Å²) in [5.74, 6) is -0.850. The lowest BCUT2D eigenvalue weighted by Gasteiger charge is -2.14. The number of nitrogens with one attached hydrogen (secondary N) is 1. The Kier molecular flexibility index (Phi) is 4.89. The summed E-state index contributed by atoms with van der Waals surface area (Å²) >= 11 is 0. The van der Waals surface area contributed by atoms with Gasteiger partial charge in [0.25, 0.3) is 0 Å². The molecule has 1 aromatic carbocycles. The van der Waals surface area contributed by atoms with Crippen molar-refractivity contribution in [3.05, 3.63) is 35.4 Å². The highest BCUT2D eigenvalue weighted by Gasteiger charge is 2.20. The van der Waals surface area contributed by atoms with Crippen LogP contribution in [0.25, 0.3) is 0 Å². The summed E-state index contributed by atoms with van der Waals surface area (Å²) in [4.78, 5) is 22.1. The van der Waals surface area contributed by atoms with Crippen LogP contribution in [-0.4, -0.2) is 17.0 Å². The van der Waals surface area contributed by atoms with Gasteiger partial charge in [0.05, 0.1) is 0 Å². The van der Waals surface area contributed by atoms with E-state index in [4.69, 9.17) is 5.11 Å². The number of carbonyl (C=O) groups excluding carboxylic acids is 1. The van der Waals surface area contributed by atoms with E-state index in [1.54, 1.807) is 12.1 Å². The van der Waals surface area contributed by atoms with Gasteiger partial charge in [-0.15, -0.1) is 0 Å². The first-order chi connectivity index (χ1) is 8.40. The molecule has 1 amide bonds. The number of hydrogen-bond acceptors (Lipinski definition) is 2. The summed E-state index contributed by atoms with van der Waals surface area (Å²) in [7, 11) is 0. The van der Waals surface area contributed by atoms with Gasteiger partial charge in [0, 0.05) is 6.92 Å². The highest BCUT2D eigenvalue weighted by molar-refractivity contribution is 5.83. The van der Waals surface area contributed by atoms with Crippen LogP contribution in [0.2, 0.25) is 0 Å². The number of amides is 1. The molecule has 2 N–H and O–H groups in total. The van der Waals surface area contributed by atoms with Crippen LogP contribution >= 0.6 is 0 Å². The normalized spacial score (nSPS) is 12.2. The van der Waals surface area contributed by atoms with Crippen LogP contribution in [0, 0.1) is 5.92 Å². The zero-order chi connectivity index (χ0) is 13.7. The molecule has 4 heteroatoms. The quantitative estimate of drug-likeness (QED) is 0.840. The predicted octanol–water partition coefficient (Wildman–Crippen LogP) is 2.15. The van der Waals surface area contributed by atoms with Crippen molar-refractivity contribution < 1.29 is 14.7 Å². The largest absolute Gasteiger partial charge is 0.479 e. The maximum absolute atomic E-state index is 11.1. The maximum Gasteiger partial charge on any atom is 0.330 e. The molecule has 0 saturated heterocycles. The number of hydrogen-bond donors (Lipinski definition) is 2. The fourth-order valence-electron chi connectivity index (χ4n) is 1.81. The minimum atomic E-state index is -1.05. The maximum atomic E-state index is 11.1. The van der Waals surface area contributed by atoms with E-state index in [0.717, 1.165) is 6.42 Å². The Morgan fingerprint density at radius 1 is 1.22 bits per heavy atom. The van der Waals surface area contributed by atoms with E-state index in [1.807, 2.05) is 12.1 Å². The first-order valence-electron chi connectivity index (χ1n) is 5.99. The smallest absolute Gasteiger partial charge is 0.330 e. The highest BCUT2D eigenvalue weighted by Crippen LogP contribution is 2.16. The summed E-state index contributed by atoms with van der Waals surface area (Å²) in [6.07, 6.45) is 0.957. The molecule has 0 saturated carbocycles. The fourth-order valence-corrected chi connectivity index (χ4v) is 1.81. The van der Waals surface area contributed by atoms with Gasteiger partial charge in [-0.25, -0.2) is 4.79 Å². The van der Waals surface area contributed by atoms with E-state index in [9.17, 15) is 9.59 Å². The van der Waals surface area contributed by atoms with E-state index >= 15 is 0 Å². The third kappa shape index (κ3) is 4.20. The van der Waals surface area contributed by atoms with Gasteiger partial charge in [0.1, 0.15) is 0 Å². The Bertz CT molecular complexity index is 423. The van der Waals surface area contributed by atoms with Gasteiger partial charge in [-0.3, -0.25) is 4.79 Å². The summed E-state index contributed by atoms with van der Waals surface area (Å²) < 4.78 is 0. The van der Waals surface area contributed by atoms with Gasteiger partial charge in [0.2, 0.25) is 5.91 Å². The van der Waals surface area contributed by atoms with Crippen molar-refractivity contribution in [1.82, 2.24) is 5.32 Å². The first-order valence-corrected chi connectivity index (χ1v) is 5.99. The van der Waals surface area contributed by atoms with Gasteiger partial charge in [-0.2, -0.15) is 0 Å². The minimum absolute atomic E-state index is 0.353. The van der Waals surface area contributed by atoms with E-state index in [-0.39, 0.29) is 5.91 Å². The van der Waals surface area contributed by atoms with Gasteiger partial charge in [-0.05, 0) is 23.5 Å². The Morgan fingerprint density at radius 2 is 1.78 bits per heavy atom. The van der Waals surface area contributed by atoms with Crippen LogP contribution in [0.15, 0.2) is 24.3 Å². The van der Waals surface area contributed by atoms with Gasteiger partial charge >= 0.3 is 5.97 Å². The van der Waals surface area contributed by atoms with Gasteiger partial charge < -0.3 is 10.4 Å². The second-order valence-corrected chi connectivity index (χ2v) is 4.81. The molecular formula is C14H19NO3. The Hall–Kier alpha value is -1.84. The zero-order valence-electron chi connectivity index (χ0n) is 10.9. The second kappa shape index (κ2) is 6.19. The molecule has 0 aromatic heterocycles. The molecule has 1 aromatic rings. The SMILES string of the molecule is CC(=O)NC(C(=O)O)c1ccc(CC(C)C)cc1. The number of rotatable bonds is 5. The van der Waals surface area contributed by atoms with Crippen LogP contribution < -0.4 is 5.32 Å². The number of carbonyl (C=O) groups is 2. The number of carboxylic acids is 1. The standard InChI is InChI=1S/C14H19NO3/c1-9(2)8-11-4-6-12(7-5-11)13(14(17)18)15-10(3)16/h4-7,9,13H,8H2,1-3H3,(H,15,16)(H,17,18). The monoisotopic (exact) mass is 249 g/mol. The molecule has 1 unspecified atom stereocenters. The van der Waals surface area contributed by atoms with Gasteiger partial charge in [0.15, 0.2) is 6.04 Å². The van der Waals surface area contributed by atoms with Crippen LogP contribution in [-0.2, 0) is 16.0 Å². The Morgan fingerprint density at radius 3 is 2.17 bits per heavy atom. The molecule has 0 spiro atoms. The molecule has 0 aliphatic rings. The van der Waals surface area contributed by atoms with Crippen LogP contribution in [0.5, 0.6) is 0 Å². The third-order valence-electron chi connectivity index (χ3n) is 2.55. The molecule has 0 aliphatic carbocycles. The van der Waals surface area contributed by atoms with Crippen LogP contribution in [0.3, 0.4) is 0 Å². The summed E-state index contributed by atoms with van der Waals surface area (Å²) in [6.45, 7) is 5.57. The molecule has 98 valence electrons.